The maximum absolute atomic E-state index is 12.3. The molecular formula is C17H26Cl2N2O. The number of piperidine rings is 1. The third-order valence-corrected chi connectivity index (χ3v) is 4.65. The summed E-state index contributed by atoms with van der Waals surface area (Å²) in [6, 6.07) is 7.68. The lowest BCUT2D eigenvalue weighted by molar-refractivity contribution is -0.131. The van der Waals surface area contributed by atoms with E-state index in [1.807, 2.05) is 36.2 Å². The molecule has 0 radical (unpaired) electrons. The van der Waals surface area contributed by atoms with E-state index in [1.54, 1.807) is 0 Å². The minimum absolute atomic E-state index is 0. The Kier molecular flexibility index (Phi) is 8.23. The van der Waals surface area contributed by atoms with Crippen molar-refractivity contribution < 1.29 is 4.79 Å². The van der Waals surface area contributed by atoms with E-state index in [0.29, 0.717) is 24.8 Å². The smallest absolute Gasteiger partial charge is 0.222 e. The third-order valence-electron chi connectivity index (χ3n) is 4.40. The van der Waals surface area contributed by atoms with E-state index in [4.69, 9.17) is 11.6 Å². The fourth-order valence-corrected chi connectivity index (χ4v) is 3.04. The number of hydrogen-bond donors (Lipinski definition) is 1. The molecule has 5 heteroatoms. The first-order chi connectivity index (χ1) is 10.1. The van der Waals surface area contributed by atoms with Crippen LogP contribution < -0.4 is 5.32 Å². The lowest BCUT2D eigenvalue weighted by Crippen LogP contribution is -2.36. The number of hydrogen-bond acceptors (Lipinski definition) is 2. The standard InChI is InChI=1S/C17H25ClN2O.ClH/c1-13(15-4-3-9-19-11-15)10-17(21)20(2)12-14-5-7-16(18)8-6-14;/h5-8,13,15,19H,3-4,9-12H2,1-2H3;1H. The highest BCUT2D eigenvalue weighted by Gasteiger charge is 2.23. The molecule has 2 unspecified atom stereocenters. The van der Waals surface area contributed by atoms with Gasteiger partial charge in [-0.2, -0.15) is 0 Å². The van der Waals surface area contributed by atoms with E-state index in [1.165, 1.54) is 12.8 Å². The second-order valence-corrected chi connectivity index (χ2v) is 6.60. The van der Waals surface area contributed by atoms with Gasteiger partial charge in [-0.3, -0.25) is 4.79 Å². The highest BCUT2D eigenvalue weighted by atomic mass is 35.5. The van der Waals surface area contributed by atoms with Crippen LogP contribution in [0.25, 0.3) is 0 Å². The summed E-state index contributed by atoms with van der Waals surface area (Å²) >= 11 is 5.88. The Morgan fingerprint density at radius 2 is 2.09 bits per heavy atom. The van der Waals surface area contributed by atoms with Crippen LogP contribution in [0.3, 0.4) is 0 Å². The normalized spacial score (nSPS) is 19.1. The maximum atomic E-state index is 12.3. The van der Waals surface area contributed by atoms with Gasteiger partial charge in [0.05, 0.1) is 0 Å². The van der Waals surface area contributed by atoms with Gasteiger partial charge in [0.1, 0.15) is 0 Å². The summed E-state index contributed by atoms with van der Waals surface area (Å²) < 4.78 is 0. The lowest BCUT2D eigenvalue weighted by atomic mass is 9.85. The Bertz CT molecular complexity index is 458. The van der Waals surface area contributed by atoms with E-state index in [-0.39, 0.29) is 18.3 Å². The van der Waals surface area contributed by atoms with E-state index >= 15 is 0 Å². The molecule has 3 nitrogen and oxygen atoms in total. The Balaban J connectivity index is 0.00000242. The van der Waals surface area contributed by atoms with E-state index in [0.717, 1.165) is 23.7 Å². The van der Waals surface area contributed by atoms with Gasteiger partial charge in [-0.1, -0.05) is 30.7 Å². The molecule has 1 heterocycles. The molecular weight excluding hydrogens is 319 g/mol. The van der Waals surface area contributed by atoms with Crippen LogP contribution in [-0.2, 0) is 11.3 Å². The van der Waals surface area contributed by atoms with E-state index in [9.17, 15) is 4.79 Å². The molecule has 1 amide bonds. The number of nitrogens with zero attached hydrogens (tertiary/aromatic N) is 1. The Labute approximate surface area is 144 Å². The van der Waals surface area contributed by atoms with Crippen LogP contribution in [0.2, 0.25) is 5.02 Å². The fraction of sp³-hybridized carbons (Fsp3) is 0.588. The molecule has 1 aliphatic heterocycles. The van der Waals surface area contributed by atoms with Crippen molar-refractivity contribution in [3.63, 3.8) is 0 Å². The van der Waals surface area contributed by atoms with Crippen molar-refractivity contribution in [3.05, 3.63) is 34.9 Å². The van der Waals surface area contributed by atoms with Gasteiger partial charge in [0.25, 0.3) is 0 Å². The maximum Gasteiger partial charge on any atom is 0.222 e. The Morgan fingerprint density at radius 1 is 1.41 bits per heavy atom. The van der Waals surface area contributed by atoms with Gasteiger partial charge in [-0.05, 0) is 55.5 Å². The fourth-order valence-electron chi connectivity index (χ4n) is 2.91. The van der Waals surface area contributed by atoms with Crippen LogP contribution in [0.4, 0.5) is 0 Å². The van der Waals surface area contributed by atoms with Crippen molar-refractivity contribution >= 4 is 29.9 Å². The number of amides is 1. The lowest BCUT2D eigenvalue weighted by Gasteiger charge is -2.29. The Morgan fingerprint density at radius 3 is 2.68 bits per heavy atom. The number of halogens is 2. The third kappa shape index (κ3) is 5.79. The summed E-state index contributed by atoms with van der Waals surface area (Å²) in [6.45, 7) is 5.01. The van der Waals surface area contributed by atoms with Gasteiger partial charge >= 0.3 is 0 Å². The number of carbonyl (C=O) groups is 1. The van der Waals surface area contributed by atoms with Gasteiger partial charge in [0.15, 0.2) is 0 Å². The predicted molar refractivity (Wildman–Crippen MR) is 94.5 cm³/mol. The predicted octanol–water partition coefficient (Wildman–Crippen LogP) is 3.75. The molecule has 124 valence electrons. The molecule has 1 fully saturated rings. The van der Waals surface area contributed by atoms with Gasteiger partial charge in [0, 0.05) is 25.0 Å². The molecule has 2 rings (SSSR count). The SMILES string of the molecule is CC(CC(=O)N(C)Cc1ccc(Cl)cc1)C1CCCNC1.Cl. The molecule has 0 saturated carbocycles. The zero-order valence-electron chi connectivity index (χ0n) is 13.3. The molecule has 1 aromatic rings. The second kappa shape index (κ2) is 9.39. The largest absolute Gasteiger partial charge is 0.341 e. The van der Waals surface area contributed by atoms with Gasteiger partial charge in [0.2, 0.25) is 5.91 Å². The minimum atomic E-state index is 0. The first kappa shape index (κ1) is 19.3. The molecule has 2 atom stereocenters. The summed E-state index contributed by atoms with van der Waals surface area (Å²) in [5.74, 6) is 1.30. The quantitative estimate of drug-likeness (QED) is 0.882. The molecule has 0 bridgehead atoms. The molecule has 1 aromatic carbocycles. The summed E-state index contributed by atoms with van der Waals surface area (Å²) in [4.78, 5) is 14.2. The van der Waals surface area contributed by atoms with E-state index < -0.39 is 0 Å². The number of benzene rings is 1. The van der Waals surface area contributed by atoms with Crippen molar-refractivity contribution in [2.24, 2.45) is 11.8 Å². The van der Waals surface area contributed by atoms with Crippen LogP contribution in [0.1, 0.15) is 31.7 Å². The average Bonchev–Trinajstić information content (AvgIpc) is 2.50. The van der Waals surface area contributed by atoms with Crippen molar-refractivity contribution in [3.8, 4) is 0 Å². The summed E-state index contributed by atoms with van der Waals surface area (Å²) in [5.41, 5.74) is 1.11. The van der Waals surface area contributed by atoms with Crippen molar-refractivity contribution in [2.45, 2.75) is 32.7 Å². The second-order valence-electron chi connectivity index (χ2n) is 6.16. The molecule has 0 aliphatic carbocycles. The Hall–Kier alpha value is -0.770. The molecule has 1 aliphatic rings. The van der Waals surface area contributed by atoms with Crippen LogP contribution >= 0.6 is 24.0 Å². The van der Waals surface area contributed by atoms with Crippen LogP contribution in [-0.4, -0.2) is 30.9 Å². The molecule has 0 aromatic heterocycles. The summed E-state index contributed by atoms with van der Waals surface area (Å²) in [5, 5.41) is 4.15. The minimum Gasteiger partial charge on any atom is -0.341 e. The highest BCUT2D eigenvalue weighted by Crippen LogP contribution is 2.23. The van der Waals surface area contributed by atoms with Crippen LogP contribution in [0.15, 0.2) is 24.3 Å². The molecule has 1 saturated heterocycles. The zero-order chi connectivity index (χ0) is 15.2. The summed E-state index contributed by atoms with van der Waals surface area (Å²) in [7, 11) is 1.88. The average molecular weight is 345 g/mol. The zero-order valence-corrected chi connectivity index (χ0v) is 14.9. The van der Waals surface area contributed by atoms with E-state index in [2.05, 4.69) is 12.2 Å². The molecule has 0 spiro atoms. The first-order valence-electron chi connectivity index (χ1n) is 7.75. The monoisotopic (exact) mass is 344 g/mol. The van der Waals surface area contributed by atoms with Crippen molar-refractivity contribution in [1.82, 2.24) is 10.2 Å². The number of nitrogens with one attached hydrogen (secondary N) is 1. The topological polar surface area (TPSA) is 32.3 Å². The van der Waals surface area contributed by atoms with Crippen LogP contribution in [0.5, 0.6) is 0 Å². The molecule has 1 N–H and O–H groups in total. The number of carbonyl (C=O) groups excluding carboxylic acids is 1. The van der Waals surface area contributed by atoms with Gasteiger partial charge in [-0.15, -0.1) is 12.4 Å². The highest BCUT2D eigenvalue weighted by molar-refractivity contribution is 6.30. The number of rotatable bonds is 5. The van der Waals surface area contributed by atoms with Crippen molar-refractivity contribution in [1.29, 1.82) is 0 Å². The van der Waals surface area contributed by atoms with Crippen LogP contribution in [0, 0.1) is 11.8 Å². The molecule has 22 heavy (non-hydrogen) atoms. The van der Waals surface area contributed by atoms with Gasteiger partial charge in [-0.25, -0.2) is 0 Å². The van der Waals surface area contributed by atoms with Crippen molar-refractivity contribution in [2.75, 3.05) is 20.1 Å². The van der Waals surface area contributed by atoms with Gasteiger partial charge < -0.3 is 10.2 Å². The first-order valence-corrected chi connectivity index (χ1v) is 8.13. The summed E-state index contributed by atoms with van der Waals surface area (Å²) in [6.07, 6.45) is 3.10.